The molecule has 1 atom stereocenters. The van der Waals surface area contributed by atoms with Gasteiger partial charge in [0.25, 0.3) is 0 Å². The molecule has 1 aliphatic heterocycles. The molecule has 0 radical (unpaired) electrons. The largest absolute Gasteiger partial charge is 0.444 e. The number of rotatable bonds is 3. The summed E-state index contributed by atoms with van der Waals surface area (Å²) in [4.78, 5) is 25.6. The summed E-state index contributed by atoms with van der Waals surface area (Å²) >= 11 is 0. The van der Waals surface area contributed by atoms with E-state index in [1.54, 1.807) is 0 Å². The Balaban J connectivity index is 1.84. The lowest BCUT2D eigenvalue weighted by Crippen LogP contribution is -2.59. The first-order valence-corrected chi connectivity index (χ1v) is 7.18. The first-order valence-electron chi connectivity index (χ1n) is 7.18. The summed E-state index contributed by atoms with van der Waals surface area (Å²) in [7, 11) is 0. The van der Waals surface area contributed by atoms with Crippen molar-refractivity contribution in [3.05, 3.63) is 35.9 Å². The third-order valence-electron chi connectivity index (χ3n) is 3.26. The number of amides is 2. The summed E-state index contributed by atoms with van der Waals surface area (Å²) in [6.45, 7) is 6.48. The highest BCUT2D eigenvalue weighted by Gasteiger charge is 2.39. The number of carbonyl (C=O) groups excluding carboxylic acids is 2. The van der Waals surface area contributed by atoms with E-state index < -0.39 is 17.7 Å². The van der Waals surface area contributed by atoms with Crippen LogP contribution in [0, 0.1) is 0 Å². The molecule has 1 aromatic carbocycles. The SMILES string of the molecule is CC(C)(C)OC(=O)N1CC[C@H]1C(=O)NCc1ccccc1. The van der Waals surface area contributed by atoms with Crippen molar-refractivity contribution in [2.75, 3.05) is 6.54 Å². The number of nitrogens with one attached hydrogen (secondary N) is 1. The van der Waals surface area contributed by atoms with Crippen LogP contribution in [0.2, 0.25) is 0 Å². The molecule has 1 aliphatic rings. The molecule has 2 rings (SSSR count). The Kier molecular flexibility index (Phi) is 4.50. The summed E-state index contributed by atoms with van der Waals surface area (Å²) in [6.07, 6.45) is 0.258. The zero-order valence-corrected chi connectivity index (χ0v) is 12.8. The van der Waals surface area contributed by atoms with Crippen molar-refractivity contribution in [2.24, 2.45) is 0 Å². The molecular formula is C16H22N2O3. The summed E-state index contributed by atoms with van der Waals surface area (Å²) in [5.41, 5.74) is 0.492. The maximum Gasteiger partial charge on any atom is 0.410 e. The number of ether oxygens (including phenoxy) is 1. The van der Waals surface area contributed by atoms with E-state index in [4.69, 9.17) is 4.74 Å². The Morgan fingerprint density at radius 3 is 2.48 bits per heavy atom. The van der Waals surface area contributed by atoms with E-state index in [2.05, 4.69) is 5.32 Å². The Labute approximate surface area is 125 Å². The molecule has 0 aliphatic carbocycles. The maximum absolute atomic E-state index is 12.1. The van der Waals surface area contributed by atoms with Crippen molar-refractivity contribution in [1.82, 2.24) is 10.2 Å². The molecule has 1 aromatic rings. The van der Waals surface area contributed by atoms with Gasteiger partial charge in [-0.2, -0.15) is 0 Å². The summed E-state index contributed by atoms with van der Waals surface area (Å²) in [5, 5.41) is 2.86. The third-order valence-corrected chi connectivity index (χ3v) is 3.26. The van der Waals surface area contributed by atoms with Crippen molar-refractivity contribution in [2.45, 2.75) is 45.4 Å². The smallest absolute Gasteiger partial charge is 0.410 e. The van der Waals surface area contributed by atoms with Gasteiger partial charge in [-0.1, -0.05) is 30.3 Å². The highest BCUT2D eigenvalue weighted by molar-refractivity contribution is 5.87. The summed E-state index contributed by atoms with van der Waals surface area (Å²) < 4.78 is 5.29. The zero-order valence-electron chi connectivity index (χ0n) is 12.8. The second-order valence-corrected chi connectivity index (χ2v) is 6.18. The lowest BCUT2D eigenvalue weighted by atomic mass is 10.0. The van der Waals surface area contributed by atoms with Crippen LogP contribution in [0.25, 0.3) is 0 Å². The molecule has 1 heterocycles. The lowest BCUT2D eigenvalue weighted by molar-refractivity contribution is -0.130. The minimum atomic E-state index is -0.544. The quantitative estimate of drug-likeness (QED) is 0.929. The van der Waals surface area contributed by atoms with Crippen molar-refractivity contribution >= 4 is 12.0 Å². The van der Waals surface area contributed by atoms with Crippen LogP contribution in [0.4, 0.5) is 4.79 Å². The van der Waals surface area contributed by atoms with E-state index in [1.165, 1.54) is 4.90 Å². The van der Waals surface area contributed by atoms with Gasteiger partial charge in [0.15, 0.2) is 0 Å². The van der Waals surface area contributed by atoms with E-state index in [1.807, 2.05) is 51.1 Å². The minimum Gasteiger partial charge on any atom is -0.444 e. The summed E-state index contributed by atoms with van der Waals surface area (Å²) in [6, 6.07) is 9.28. The minimum absolute atomic E-state index is 0.129. The monoisotopic (exact) mass is 290 g/mol. The van der Waals surface area contributed by atoms with Gasteiger partial charge in [0.05, 0.1) is 0 Å². The fraction of sp³-hybridized carbons (Fsp3) is 0.500. The first-order chi connectivity index (χ1) is 9.87. The van der Waals surface area contributed by atoms with Crippen LogP contribution in [-0.4, -0.2) is 35.1 Å². The zero-order chi connectivity index (χ0) is 15.5. The highest BCUT2D eigenvalue weighted by Crippen LogP contribution is 2.21. The lowest BCUT2D eigenvalue weighted by Gasteiger charge is -2.40. The van der Waals surface area contributed by atoms with E-state index in [9.17, 15) is 9.59 Å². The van der Waals surface area contributed by atoms with Crippen LogP contribution in [0.1, 0.15) is 32.8 Å². The summed E-state index contributed by atoms with van der Waals surface area (Å²) in [5.74, 6) is -0.129. The highest BCUT2D eigenvalue weighted by atomic mass is 16.6. The van der Waals surface area contributed by atoms with Crippen LogP contribution in [0.3, 0.4) is 0 Å². The molecular weight excluding hydrogens is 268 g/mol. The molecule has 1 saturated heterocycles. The van der Waals surface area contributed by atoms with E-state index in [-0.39, 0.29) is 5.91 Å². The number of likely N-dealkylation sites (tertiary alicyclic amines) is 1. The van der Waals surface area contributed by atoms with Gasteiger partial charge in [0.1, 0.15) is 11.6 Å². The van der Waals surface area contributed by atoms with Gasteiger partial charge in [-0.15, -0.1) is 0 Å². The molecule has 21 heavy (non-hydrogen) atoms. The van der Waals surface area contributed by atoms with Gasteiger partial charge in [-0.05, 0) is 32.8 Å². The standard InChI is InChI=1S/C16H22N2O3/c1-16(2,3)21-15(20)18-10-9-13(18)14(19)17-11-12-7-5-4-6-8-12/h4-8,13H,9-11H2,1-3H3,(H,17,19)/t13-/m0/s1. The number of hydrogen-bond acceptors (Lipinski definition) is 3. The second kappa shape index (κ2) is 6.16. The number of carbonyl (C=O) groups is 2. The van der Waals surface area contributed by atoms with Crippen LogP contribution >= 0.6 is 0 Å². The van der Waals surface area contributed by atoms with E-state index in [0.717, 1.165) is 5.56 Å². The molecule has 0 saturated carbocycles. The molecule has 5 nitrogen and oxygen atoms in total. The molecule has 0 bridgehead atoms. The topological polar surface area (TPSA) is 58.6 Å². The fourth-order valence-electron chi connectivity index (χ4n) is 2.10. The number of benzene rings is 1. The van der Waals surface area contributed by atoms with Gasteiger partial charge in [0.2, 0.25) is 5.91 Å². The van der Waals surface area contributed by atoms with Gasteiger partial charge in [0, 0.05) is 13.1 Å². The molecule has 0 unspecified atom stereocenters. The first kappa shape index (κ1) is 15.4. The second-order valence-electron chi connectivity index (χ2n) is 6.18. The van der Waals surface area contributed by atoms with Crippen molar-refractivity contribution < 1.29 is 14.3 Å². The Bertz CT molecular complexity index is 508. The molecule has 1 N–H and O–H groups in total. The normalized spacial score (nSPS) is 17.9. The predicted molar refractivity (Wildman–Crippen MR) is 79.6 cm³/mol. The maximum atomic E-state index is 12.1. The van der Waals surface area contributed by atoms with E-state index >= 15 is 0 Å². The van der Waals surface area contributed by atoms with Crippen LogP contribution in [0.15, 0.2) is 30.3 Å². The Morgan fingerprint density at radius 2 is 1.95 bits per heavy atom. The van der Waals surface area contributed by atoms with Crippen molar-refractivity contribution in [3.63, 3.8) is 0 Å². The number of hydrogen-bond donors (Lipinski definition) is 1. The Hall–Kier alpha value is -2.04. The average molecular weight is 290 g/mol. The van der Waals surface area contributed by atoms with E-state index in [0.29, 0.717) is 19.5 Å². The molecule has 0 spiro atoms. The van der Waals surface area contributed by atoms with Gasteiger partial charge in [-0.25, -0.2) is 4.79 Å². The fourth-order valence-corrected chi connectivity index (χ4v) is 2.10. The average Bonchev–Trinajstić information content (AvgIpc) is 2.34. The van der Waals surface area contributed by atoms with Gasteiger partial charge in [-0.3, -0.25) is 9.69 Å². The van der Waals surface area contributed by atoms with Gasteiger partial charge < -0.3 is 10.1 Å². The van der Waals surface area contributed by atoms with Crippen LogP contribution in [0.5, 0.6) is 0 Å². The van der Waals surface area contributed by atoms with Crippen LogP contribution in [-0.2, 0) is 16.1 Å². The predicted octanol–water partition coefficient (Wildman–Crippen LogP) is 2.31. The molecule has 0 aromatic heterocycles. The van der Waals surface area contributed by atoms with Gasteiger partial charge >= 0.3 is 6.09 Å². The molecule has 5 heteroatoms. The Morgan fingerprint density at radius 1 is 1.29 bits per heavy atom. The van der Waals surface area contributed by atoms with Crippen LogP contribution < -0.4 is 5.32 Å². The number of nitrogens with zero attached hydrogens (tertiary/aromatic N) is 1. The molecule has 1 fully saturated rings. The molecule has 2 amide bonds. The third kappa shape index (κ3) is 4.21. The van der Waals surface area contributed by atoms with Crippen molar-refractivity contribution in [1.29, 1.82) is 0 Å². The van der Waals surface area contributed by atoms with Crippen molar-refractivity contribution in [3.8, 4) is 0 Å². The molecule has 114 valence electrons.